The first-order chi connectivity index (χ1) is 9.67. The van der Waals surface area contributed by atoms with Gasteiger partial charge in [0.05, 0.1) is 23.4 Å². The minimum absolute atomic E-state index is 0.185. The summed E-state index contributed by atoms with van der Waals surface area (Å²) in [6.07, 6.45) is -0.625. The van der Waals surface area contributed by atoms with Crippen LogP contribution in [-0.2, 0) is 24.3 Å². The van der Waals surface area contributed by atoms with Gasteiger partial charge in [0.15, 0.2) is 0 Å². The van der Waals surface area contributed by atoms with Crippen LogP contribution >= 0.6 is 27.5 Å². The highest BCUT2D eigenvalue weighted by molar-refractivity contribution is 9.10. The summed E-state index contributed by atoms with van der Waals surface area (Å²) in [6, 6.07) is 2.15. The number of nitrogens with one attached hydrogen (secondary N) is 1. The van der Waals surface area contributed by atoms with Gasteiger partial charge in [-0.3, -0.25) is 9.59 Å². The van der Waals surface area contributed by atoms with Crippen molar-refractivity contribution in [3.63, 3.8) is 0 Å². The molecule has 0 spiro atoms. The molecule has 0 amide bonds. The number of ether oxygens (including phenoxy) is 1. The van der Waals surface area contributed by atoms with E-state index in [2.05, 4.69) is 20.7 Å². The van der Waals surface area contributed by atoms with Crippen LogP contribution in [0.25, 0.3) is 0 Å². The van der Waals surface area contributed by atoms with E-state index >= 15 is 0 Å². The maximum Gasteiger partial charge on any atom is 0.322 e. The Morgan fingerprint density at radius 1 is 1.48 bits per heavy atom. The molecule has 0 aliphatic rings. The molecule has 0 aliphatic carbocycles. The minimum Gasteiger partial charge on any atom is -0.480 e. The average Bonchev–Trinajstić information content (AvgIpc) is 2.40. The molecule has 1 rings (SSSR count). The number of hydrogen-bond donors (Lipinski definition) is 2. The maximum absolute atomic E-state index is 12.1. The Bertz CT molecular complexity index is 663. The van der Waals surface area contributed by atoms with E-state index in [9.17, 15) is 18.0 Å². The molecule has 10 heteroatoms. The predicted molar refractivity (Wildman–Crippen MR) is 77.5 cm³/mol. The molecular formula is C11H11BrClNO6S. The number of carbonyl (C=O) groups is 2. The normalized spacial score (nSPS) is 12.7. The first-order valence-electron chi connectivity index (χ1n) is 5.44. The SMILES string of the molecule is COC(=O)C[C@H](NS(=O)(=O)c1ccc(Cl)c(Br)c1)C(=O)O. The van der Waals surface area contributed by atoms with Crippen LogP contribution in [0.15, 0.2) is 27.6 Å². The predicted octanol–water partition coefficient (Wildman–Crippen LogP) is 1.40. The van der Waals surface area contributed by atoms with Crippen molar-refractivity contribution in [1.82, 2.24) is 4.72 Å². The third-order valence-electron chi connectivity index (χ3n) is 2.40. The number of sulfonamides is 1. The summed E-state index contributed by atoms with van der Waals surface area (Å²) in [7, 11) is -3.05. The minimum atomic E-state index is -4.12. The Labute approximate surface area is 134 Å². The number of carboxylic acid groups (broad SMARTS) is 1. The van der Waals surface area contributed by atoms with Crippen LogP contribution in [0, 0.1) is 0 Å². The molecule has 0 saturated heterocycles. The molecular weight excluding hydrogens is 390 g/mol. The smallest absolute Gasteiger partial charge is 0.322 e. The van der Waals surface area contributed by atoms with Crippen LogP contribution in [0.1, 0.15) is 6.42 Å². The second kappa shape index (κ2) is 7.21. The third kappa shape index (κ3) is 4.95. The Hall–Kier alpha value is -1.16. The monoisotopic (exact) mass is 399 g/mol. The molecule has 7 nitrogen and oxygen atoms in total. The van der Waals surface area contributed by atoms with Crippen LogP contribution in [-0.4, -0.2) is 38.6 Å². The van der Waals surface area contributed by atoms with Crippen molar-refractivity contribution in [2.24, 2.45) is 0 Å². The molecule has 0 radical (unpaired) electrons. The molecule has 1 atom stereocenters. The molecule has 0 unspecified atom stereocenters. The molecule has 0 bridgehead atoms. The van der Waals surface area contributed by atoms with E-state index in [4.69, 9.17) is 16.7 Å². The van der Waals surface area contributed by atoms with Crippen molar-refractivity contribution in [1.29, 1.82) is 0 Å². The highest BCUT2D eigenvalue weighted by atomic mass is 79.9. The van der Waals surface area contributed by atoms with Gasteiger partial charge in [0.2, 0.25) is 10.0 Å². The number of halogens is 2. The zero-order chi connectivity index (χ0) is 16.2. The van der Waals surface area contributed by atoms with Crippen LogP contribution in [0.5, 0.6) is 0 Å². The van der Waals surface area contributed by atoms with E-state index < -0.39 is 34.4 Å². The Morgan fingerprint density at radius 2 is 2.10 bits per heavy atom. The second-order valence-corrected chi connectivity index (χ2v) is 6.84. The molecule has 0 heterocycles. The Morgan fingerprint density at radius 3 is 2.57 bits per heavy atom. The van der Waals surface area contributed by atoms with Gasteiger partial charge < -0.3 is 9.84 Å². The fourth-order valence-electron chi connectivity index (χ4n) is 1.33. The van der Waals surface area contributed by atoms with Gasteiger partial charge in [-0.15, -0.1) is 0 Å². The maximum atomic E-state index is 12.1. The summed E-state index contributed by atoms with van der Waals surface area (Å²) >= 11 is 8.83. The van der Waals surface area contributed by atoms with Crippen molar-refractivity contribution < 1.29 is 27.9 Å². The molecule has 0 fully saturated rings. The lowest BCUT2D eigenvalue weighted by Crippen LogP contribution is -2.42. The number of methoxy groups -OCH3 is 1. The van der Waals surface area contributed by atoms with Gasteiger partial charge in [0, 0.05) is 4.47 Å². The first-order valence-corrected chi connectivity index (χ1v) is 8.10. The van der Waals surface area contributed by atoms with Crippen molar-refractivity contribution in [3.05, 3.63) is 27.7 Å². The van der Waals surface area contributed by atoms with Crippen molar-refractivity contribution in [2.75, 3.05) is 7.11 Å². The van der Waals surface area contributed by atoms with Gasteiger partial charge in [-0.05, 0) is 34.1 Å². The van der Waals surface area contributed by atoms with Gasteiger partial charge in [-0.25, -0.2) is 8.42 Å². The van der Waals surface area contributed by atoms with E-state index in [1.807, 2.05) is 4.72 Å². The summed E-state index contributed by atoms with van der Waals surface area (Å²) in [5.41, 5.74) is 0. The molecule has 1 aromatic rings. The quantitative estimate of drug-likeness (QED) is 0.699. The van der Waals surface area contributed by atoms with Gasteiger partial charge in [-0.1, -0.05) is 11.6 Å². The summed E-state index contributed by atoms with van der Waals surface area (Å²) < 4.78 is 30.8. The standard InChI is InChI=1S/C11H11BrClNO6S/c1-20-10(15)5-9(11(16)17)14-21(18,19)6-2-3-8(13)7(12)4-6/h2-4,9,14H,5H2,1H3,(H,16,17)/t9-/m0/s1. The van der Waals surface area contributed by atoms with Gasteiger partial charge in [0.25, 0.3) is 0 Å². The number of carboxylic acids is 1. The number of carbonyl (C=O) groups excluding carboxylic acids is 1. The van der Waals surface area contributed by atoms with E-state index in [-0.39, 0.29) is 4.90 Å². The molecule has 0 aromatic heterocycles. The lowest BCUT2D eigenvalue weighted by atomic mass is 10.2. The molecule has 1 aromatic carbocycles. The Kier molecular flexibility index (Phi) is 6.14. The zero-order valence-corrected chi connectivity index (χ0v) is 13.8. The largest absolute Gasteiger partial charge is 0.480 e. The van der Waals surface area contributed by atoms with Crippen LogP contribution in [0.2, 0.25) is 5.02 Å². The van der Waals surface area contributed by atoms with Gasteiger partial charge in [-0.2, -0.15) is 4.72 Å². The summed E-state index contributed by atoms with van der Waals surface area (Å²) in [5.74, 6) is -2.33. The van der Waals surface area contributed by atoms with Gasteiger partial charge in [0.1, 0.15) is 6.04 Å². The number of aliphatic carboxylic acids is 1. The molecule has 21 heavy (non-hydrogen) atoms. The van der Waals surface area contributed by atoms with Crippen molar-refractivity contribution >= 4 is 49.5 Å². The van der Waals surface area contributed by atoms with Crippen molar-refractivity contribution in [3.8, 4) is 0 Å². The molecule has 116 valence electrons. The van der Waals surface area contributed by atoms with Crippen LogP contribution < -0.4 is 4.72 Å². The number of hydrogen-bond acceptors (Lipinski definition) is 5. The summed E-state index contributed by atoms with van der Waals surface area (Å²) in [4.78, 5) is 21.9. The fraction of sp³-hybridized carbons (Fsp3) is 0.273. The molecule has 2 N–H and O–H groups in total. The van der Waals surface area contributed by atoms with Crippen LogP contribution in [0.3, 0.4) is 0 Å². The lowest BCUT2D eigenvalue weighted by Gasteiger charge is -2.14. The highest BCUT2D eigenvalue weighted by Gasteiger charge is 2.28. The summed E-state index contributed by atoms with van der Waals surface area (Å²) in [5, 5.41) is 9.27. The molecule has 0 saturated carbocycles. The Balaban J connectivity index is 3.03. The number of esters is 1. The summed E-state index contributed by atoms with van der Waals surface area (Å²) in [6.45, 7) is 0. The van der Waals surface area contributed by atoms with E-state index in [0.29, 0.717) is 9.50 Å². The number of rotatable bonds is 6. The second-order valence-electron chi connectivity index (χ2n) is 3.87. The highest BCUT2D eigenvalue weighted by Crippen LogP contribution is 2.25. The fourth-order valence-corrected chi connectivity index (χ4v) is 3.19. The zero-order valence-electron chi connectivity index (χ0n) is 10.7. The van der Waals surface area contributed by atoms with Crippen LogP contribution in [0.4, 0.5) is 0 Å². The molecule has 0 aliphatic heterocycles. The van der Waals surface area contributed by atoms with Gasteiger partial charge >= 0.3 is 11.9 Å². The topological polar surface area (TPSA) is 110 Å². The van der Waals surface area contributed by atoms with E-state index in [1.54, 1.807) is 0 Å². The van der Waals surface area contributed by atoms with Crippen molar-refractivity contribution in [2.45, 2.75) is 17.4 Å². The third-order valence-corrected chi connectivity index (χ3v) is 5.08. The van der Waals surface area contributed by atoms with E-state index in [1.165, 1.54) is 18.2 Å². The van der Waals surface area contributed by atoms with E-state index in [0.717, 1.165) is 7.11 Å². The lowest BCUT2D eigenvalue weighted by molar-refractivity contribution is -0.147. The first kappa shape index (κ1) is 17.9. The average molecular weight is 401 g/mol. The number of benzene rings is 1.